The number of carbonyl (C=O) groups is 1. The smallest absolute Gasteiger partial charge is 0.249 e. The minimum absolute atomic E-state index is 0.0863. The second kappa shape index (κ2) is 13.5. The lowest BCUT2D eigenvalue weighted by atomic mass is 9.83. The average molecular weight is 560 g/mol. The molecule has 1 unspecified atom stereocenters. The summed E-state index contributed by atoms with van der Waals surface area (Å²) in [6.45, 7) is -0.162. The zero-order valence-electron chi connectivity index (χ0n) is 21.2. The van der Waals surface area contributed by atoms with Crippen molar-refractivity contribution in [1.29, 1.82) is 0 Å². The Bertz CT molecular complexity index is 770. The van der Waals surface area contributed by atoms with E-state index in [1.54, 1.807) is 0 Å². The van der Waals surface area contributed by atoms with Crippen molar-refractivity contribution in [3.8, 4) is 0 Å². The number of quaternary nitrogens is 4. The number of aliphatic hydroxyl groups excluding tert-OH is 7. The predicted molar refractivity (Wildman–Crippen MR) is 120 cm³/mol. The molecule has 2 heterocycles. The first kappa shape index (κ1) is 31.4. The van der Waals surface area contributed by atoms with E-state index in [4.69, 9.17) is 18.9 Å². The summed E-state index contributed by atoms with van der Waals surface area (Å²) in [7, 11) is 0. The molecule has 1 amide bonds. The predicted octanol–water partition coefficient (Wildman–Crippen LogP) is -10.7. The molecule has 17 nitrogen and oxygen atoms in total. The van der Waals surface area contributed by atoms with Crippen molar-refractivity contribution in [3.05, 3.63) is 0 Å². The summed E-state index contributed by atoms with van der Waals surface area (Å²) in [6.07, 6.45) is -15.2. The van der Waals surface area contributed by atoms with Crippen LogP contribution in [0.15, 0.2) is 0 Å². The van der Waals surface area contributed by atoms with Gasteiger partial charge in [-0.05, 0) is 0 Å². The number of amides is 1. The summed E-state index contributed by atoms with van der Waals surface area (Å²) in [5, 5.41) is 74.5. The molecular formula is C21H45N5O12+4. The van der Waals surface area contributed by atoms with Crippen molar-refractivity contribution in [3.63, 3.8) is 0 Å². The maximum atomic E-state index is 12.5. The van der Waals surface area contributed by atoms with Gasteiger partial charge in [0, 0.05) is 12.8 Å². The molecule has 3 aliphatic rings. The molecule has 222 valence electrons. The van der Waals surface area contributed by atoms with Crippen LogP contribution in [0.1, 0.15) is 12.8 Å². The molecule has 38 heavy (non-hydrogen) atoms. The molecule has 1 aliphatic carbocycles. The summed E-state index contributed by atoms with van der Waals surface area (Å²) >= 11 is 0. The molecule has 15 atom stereocenters. The third-order valence-corrected chi connectivity index (χ3v) is 7.40. The van der Waals surface area contributed by atoms with Crippen molar-refractivity contribution in [2.45, 2.75) is 105 Å². The molecule has 0 aromatic heterocycles. The van der Waals surface area contributed by atoms with Crippen LogP contribution in [0.4, 0.5) is 0 Å². The van der Waals surface area contributed by atoms with Gasteiger partial charge in [-0.3, -0.25) is 4.79 Å². The van der Waals surface area contributed by atoms with E-state index in [2.05, 4.69) is 28.3 Å². The molecule has 1 saturated carbocycles. The van der Waals surface area contributed by atoms with E-state index in [0.717, 1.165) is 0 Å². The van der Waals surface area contributed by atoms with Crippen LogP contribution >= 0.6 is 0 Å². The molecule has 0 spiro atoms. The average Bonchev–Trinajstić information content (AvgIpc) is 3.16. The highest BCUT2D eigenvalue weighted by atomic mass is 16.7. The molecule has 3 rings (SSSR count). The first-order chi connectivity index (χ1) is 17.9. The Morgan fingerprint density at radius 1 is 0.895 bits per heavy atom. The Morgan fingerprint density at radius 2 is 1.50 bits per heavy atom. The molecule has 2 saturated heterocycles. The van der Waals surface area contributed by atoms with Gasteiger partial charge in [-0.25, -0.2) is 0 Å². The zero-order valence-corrected chi connectivity index (χ0v) is 21.2. The second-order valence-corrected chi connectivity index (χ2v) is 10.1. The van der Waals surface area contributed by atoms with E-state index >= 15 is 0 Å². The van der Waals surface area contributed by atoms with Gasteiger partial charge in [-0.15, -0.1) is 0 Å². The first-order valence-corrected chi connectivity index (χ1v) is 12.8. The van der Waals surface area contributed by atoms with Gasteiger partial charge >= 0.3 is 0 Å². The van der Waals surface area contributed by atoms with E-state index in [1.807, 2.05) is 0 Å². The SMILES string of the molecule is [NH3+]CC[C@H](O)C(=O)N[C@@H]1C[C@H]([NH3+])[C@@H](O[C@H]2O[C@H](C[NH3+])[C@@H](O)[C@H](O)[C@H]2[NH3+])[C@H](O[C@@H]2O[C@H](CO)C(O)[C@H]2O)[C@H]1O. The topological polar surface area (TPSA) is 318 Å². The van der Waals surface area contributed by atoms with Crippen molar-refractivity contribution in [2.24, 2.45) is 0 Å². The van der Waals surface area contributed by atoms with Crippen molar-refractivity contribution in [2.75, 3.05) is 19.7 Å². The van der Waals surface area contributed by atoms with E-state index in [-0.39, 0.29) is 19.4 Å². The summed E-state index contributed by atoms with van der Waals surface area (Å²) in [5.41, 5.74) is 15.2. The van der Waals surface area contributed by atoms with Gasteiger partial charge in [0.05, 0.1) is 19.2 Å². The molecule has 17 heteroatoms. The number of aliphatic hydroxyl groups is 7. The van der Waals surface area contributed by atoms with Crippen molar-refractivity contribution in [1.82, 2.24) is 5.32 Å². The van der Waals surface area contributed by atoms with Crippen LogP contribution in [0, 0.1) is 0 Å². The fourth-order valence-corrected chi connectivity index (χ4v) is 5.03. The Hall–Kier alpha value is -1.13. The van der Waals surface area contributed by atoms with Crippen molar-refractivity contribution >= 4 is 5.91 Å². The number of hydrogen-bond acceptors (Lipinski definition) is 12. The minimum Gasteiger partial charge on any atom is -0.394 e. The highest BCUT2D eigenvalue weighted by Crippen LogP contribution is 2.32. The van der Waals surface area contributed by atoms with Crippen LogP contribution in [0.3, 0.4) is 0 Å². The fourth-order valence-electron chi connectivity index (χ4n) is 5.03. The quantitative estimate of drug-likeness (QED) is 0.119. The fraction of sp³-hybridized carbons (Fsp3) is 0.952. The maximum Gasteiger partial charge on any atom is 0.249 e. The molecule has 0 bridgehead atoms. The number of rotatable bonds is 10. The number of hydrogen-bond donors (Lipinski definition) is 12. The van der Waals surface area contributed by atoms with Crippen LogP contribution < -0.4 is 28.3 Å². The first-order valence-electron chi connectivity index (χ1n) is 12.8. The van der Waals surface area contributed by atoms with Gasteiger partial charge in [0.15, 0.2) is 12.3 Å². The molecule has 20 N–H and O–H groups in total. The third kappa shape index (κ3) is 6.60. The van der Waals surface area contributed by atoms with Gasteiger partial charge in [0.25, 0.3) is 0 Å². The van der Waals surface area contributed by atoms with E-state index in [9.17, 15) is 40.5 Å². The van der Waals surface area contributed by atoms with E-state index in [0.29, 0.717) is 6.54 Å². The second-order valence-electron chi connectivity index (χ2n) is 10.1. The van der Waals surface area contributed by atoms with Crippen LogP contribution in [-0.4, -0.2) is 153 Å². The van der Waals surface area contributed by atoms with E-state index in [1.165, 1.54) is 0 Å². The molecule has 0 radical (unpaired) electrons. The van der Waals surface area contributed by atoms with E-state index < -0.39 is 104 Å². The zero-order chi connectivity index (χ0) is 28.3. The number of carbonyl (C=O) groups excluding carboxylic acids is 1. The number of nitrogens with one attached hydrogen (secondary N) is 1. The lowest BCUT2D eigenvalue weighted by Gasteiger charge is -2.45. The minimum atomic E-state index is -1.57. The van der Waals surface area contributed by atoms with Gasteiger partial charge in [0.1, 0.15) is 73.6 Å². The van der Waals surface area contributed by atoms with Crippen LogP contribution in [0.5, 0.6) is 0 Å². The Kier molecular flexibility index (Phi) is 11.1. The van der Waals surface area contributed by atoms with Gasteiger partial charge in [-0.2, -0.15) is 0 Å². The van der Waals surface area contributed by atoms with Gasteiger partial charge in [0.2, 0.25) is 12.2 Å². The third-order valence-electron chi connectivity index (χ3n) is 7.40. The van der Waals surface area contributed by atoms with Crippen LogP contribution in [-0.2, 0) is 23.7 Å². The monoisotopic (exact) mass is 559 g/mol. The molecule has 2 aliphatic heterocycles. The number of ether oxygens (including phenoxy) is 4. The summed E-state index contributed by atoms with van der Waals surface area (Å²) in [5.74, 6) is -0.722. The van der Waals surface area contributed by atoms with Crippen LogP contribution in [0.2, 0.25) is 0 Å². The van der Waals surface area contributed by atoms with Crippen molar-refractivity contribution < 1.29 is 82.4 Å². The Morgan fingerprint density at radius 3 is 2.08 bits per heavy atom. The summed E-state index contributed by atoms with van der Waals surface area (Å²) in [4.78, 5) is 12.5. The summed E-state index contributed by atoms with van der Waals surface area (Å²) < 4.78 is 23.2. The molecule has 3 fully saturated rings. The Labute approximate surface area is 218 Å². The highest BCUT2D eigenvalue weighted by Gasteiger charge is 2.54. The lowest BCUT2D eigenvalue weighted by Crippen LogP contribution is -2.82. The normalized spacial score (nSPS) is 46.6. The van der Waals surface area contributed by atoms with Crippen LogP contribution in [0.25, 0.3) is 0 Å². The highest BCUT2D eigenvalue weighted by molar-refractivity contribution is 5.80. The Balaban J connectivity index is 1.84. The molecule has 0 aromatic carbocycles. The summed E-state index contributed by atoms with van der Waals surface area (Å²) in [6, 6.07) is -2.56. The van der Waals surface area contributed by atoms with Gasteiger partial charge < -0.3 is 82.9 Å². The standard InChI is InChI=1S/C21H41N5O12/c22-2-1-8(28)19(34)26-7-3-6(24)17(37-20-11(25)15(32)13(30)9(4-23)35-20)18(12(7)29)38-21-16(33)14(31)10(5-27)36-21/h6-18,20-21,27-33H,1-5,22-25H2,(H,26,34)/p+4/t6-,7+,8-,9+,10+,11+,12-,13+,14?,15+,16+,17+,18+,20+,21-/m0/s1. The molecular weight excluding hydrogens is 514 g/mol. The molecule has 0 aromatic rings. The lowest BCUT2D eigenvalue weighted by molar-refractivity contribution is -0.525. The maximum absolute atomic E-state index is 12.5. The largest absolute Gasteiger partial charge is 0.394 e. The van der Waals surface area contributed by atoms with Gasteiger partial charge in [-0.1, -0.05) is 0 Å².